The van der Waals surface area contributed by atoms with E-state index in [9.17, 15) is 0 Å². The first kappa shape index (κ1) is 20.5. The van der Waals surface area contributed by atoms with Gasteiger partial charge in [-0.1, -0.05) is 80.9 Å². The zero-order chi connectivity index (χ0) is 22.5. The third kappa shape index (κ3) is 3.69. The van der Waals surface area contributed by atoms with Crippen molar-refractivity contribution in [1.82, 2.24) is 0 Å². The first-order chi connectivity index (χ1) is 15.3. The van der Waals surface area contributed by atoms with Gasteiger partial charge in [-0.05, 0) is 70.5 Å². The van der Waals surface area contributed by atoms with Crippen LogP contribution in [0.15, 0.2) is 85.1 Å². The second-order valence-electron chi connectivity index (χ2n) is 10.0. The molecule has 158 valence electrons. The molecule has 5 rings (SSSR count). The van der Waals surface area contributed by atoms with Crippen LogP contribution in [-0.4, -0.2) is 0 Å². The second kappa shape index (κ2) is 7.60. The van der Waals surface area contributed by atoms with E-state index in [1.165, 1.54) is 60.6 Å². The number of hydrogen-bond donors (Lipinski definition) is 0. The van der Waals surface area contributed by atoms with Gasteiger partial charge in [0, 0.05) is 17.0 Å². The predicted octanol–water partition coefficient (Wildman–Crippen LogP) is 8.06. The maximum absolute atomic E-state index is 3.54. The molecule has 0 radical (unpaired) electrons. The Kier molecular flexibility index (Phi) is 4.86. The molecule has 0 amide bonds. The van der Waals surface area contributed by atoms with Gasteiger partial charge in [0.25, 0.3) is 0 Å². The van der Waals surface area contributed by atoms with E-state index >= 15 is 0 Å². The molecular weight excluding hydrogens is 386 g/mol. The zero-order valence-electron chi connectivity index (χ0n) is 19.6. The molecule has 1 heterocycles. The van der Waals surface area contributed by atoms with Crippen molar-refractivity contribution in [2.75, 3.05) is 0 Å². The first-order valence-electron chi connectivity index (χ1n) is 11.4. The molecule has 0 atom stereocenters. The summed E-state index contributed by atoms with van der Waals surface area (Å²) in [5, 5.41) is 5.13. The molecule has 32 heavy (non-hydrogen) atoms. The molecule has 1 aromatic heterocycles. The summed E-state index contributed by atoms with van der Waals surface area (Å²) in [5.74, 6) is 0. The van der Waals surface area contributed by atoms with Crippen LogP contribution in [-0.2, 0) is 5.41 Å². The molecule has 0 bridgehead atoms. The first-order valence-corrected chi connectivity index (χ1v) is 11.4. The van der Waals surface area contributed by atoms with E-state index in [0.29, 0.717) is 0 Å². The van der Waals surface area contributed by atoms with Crippen molar-refractivity contribution in [3.63, 3.8) is 0 Å². The van der Waals surface area contributed by atoms with Crippen LogP contribution >= 0.6 is 0 Å². The number of hydrogen-bond acceptors (Lipinski definition) is 0. The molecule has 0 unspecified atom stereocenters. The third-order valence-electron chi connectivity index (χ3n) is 6.41. The Morgan fingerprint density at radius 3 is 2.03 bits per heavy atom. The van der Waals surface area contributed by atoms with E-state index in [4.69, 9.17) is 0 Å². The van der Waals surface area contributed by atoms with Crippen molar-refractivity contribution in [2.45, 2.75) is 40.0 Å². The number of nitrogens with one attached hydrogen (secondary N) is 1. The highest BCUT2D eigenvalue weighted by Gasteiger charge is 2.16. The monoisotopic (exact) mass is 416 g/mol. The van der Waals surface area contributed by atoms with Gasteiger partial charge in [-0.25, -0.2) is 4.98 Å². The van der Waals surface area contributed by atoms with Crippen LogP contribution in [0.4, 0.5) is 0 Å². The molecule has 1 nitrogen and oxygen atoms in total. The average molecular weight is 417 g/mol. The average Bonchev–Trinajstić information content (AvgIpc) is 2.77. The Morgan fingerprint density at radius 2 is 1.28 bits per heavy atom. The molecule has 0 spiro atoms. The van der Waals surface area contributed by atoms with Crippen molar-refractivity contribution in [1.29, 1.82) is 0 Å². The smallest absolute Gasteiger partial charge is 0.211 e. The minimum atomic E-state index is 0.162. The molecule has 0 aliphatic rings. The Morgan fingerprint density at radius 1 is 0.562 bits per heavy atom. The standard InChI is InChI=1S/C31H29N/c1-20-6-12-27-23(16-20)9-13-29-28(27)14-15-32-30(29)25-18-21(2)17-24(19-25)22-7-10-26(11-8-22)31(3,4)5/h6-19H,1-5H3/p+1. The Bertz CT molecular complexity index is 1450. The van der Waals surface area contributed by atoms with Crippen LogP contribution in [0.25, 0.3) is 43.9 Å². The third-order valence-corrected chi connectivity index (χ3v) is 6.41. The summed E-state index contributed by atoms with van der Waals surface area (Å²) in [6.45, 7) is 11.1. The lowest BCUT2D eigenvalue weighted by atomic mass is 9.86. The van der Waals surface area contributed by atoms with Crippen molar-refractivity contribution in [2.24, 2.45) is 0 Å². The van der Waals surface area contributed by atoms with E-state index in [0.717, 1.165) is 0 Å². The lowest BCUT2D eigenvalue weighted by Gasteiger charge is -2.19. The van der Waals surface area contributed by atoms with Crippen LogP contribution in [0.5, 0.6) is 0 Å². The minimum Gasteiger partial charge on any atom is -0.211 e. The Hall–Kier alpha value is -3.45. The largest absolute Gasteiger partial charge is 0.218 e. The van der Waals surface area contributed by atoms with Crippen LogP contribution in [0.1, 0.15) is 37.5 Å². The predicted molar refractivity (Wildman–Crippen MR) is 137 cm³/mol. The van der Waals surface area contributed by atoms with Crippen LogP contribution in [0.3, 0.4) is 0 Å². The maximum Gasteiger partial charge on any atom is 0.218 e. The zero-order valence-corrected chi connectivity index (χ0v) is 19.6. The summed E-state index contributed by atoms with van der Waals surface area (Å²) in [5.41, 5.74) is 8.97. The molecule has 0 aliphatic heterocycles. The van der Waals surface area contributed by atoms with E-state index in [-0.39, 0.29) is 5.41 Å². The fourth-order valence-corrected chi connectivity index (χ4v) is 4.65. The fourth-order valence-electron chi connectivity index (χ4n) is 4.65. The highest BCUT2D eigenvalue weighted by molar-refractivity contribution is 6.10. The van der Waals surface area contributed by atoms with Crippen LogP contribution in [0, 0.1) is 13.8 Å². The topological polar surface area (TPSA) is 14.1 Å². The summed E-state index contributed by atoms with van der Waals surface area (Å²) in [4.78, 5) is 3.54. The summed E-state index contributed by atoms with van der Waals surface area (Å²) in [7, 11) is 0. The SMILES string of the molecule is Cc1cc(-c2ccc(C(C)(C)C)cc2)cc(-c2[nH+]ccc3c2ccc2cc(C)ccc23)c1. The number of benzene rings is 4. The molecule has 0 saturated carbocycles. The fraction of sp³-hybridized carbons (Fsp3) is 0.194. The lowest BCUT2D eigenvalue weighted by molar-refractivity contribution is -0.362. The van der Waals surface area contributed by atoms with Gasteiger partial charge < -0.3 is 0 Å². The van der Waals surface area contributed by atoms with Crippen molar-refractivity contribution >= 4 is 21.5 Å². The summed E-state index contributed by atoms with van der Waals surface area (Å²) < 4.78 is 0. The number of fused-ring (bicyclic) bond motifs is 3. The van der Waals surface area contributed by atoms with Gasteiger partial charge in [0.05, 0.1) is 5.39 Å². The quantitative estimate of drug-likeness (QED) is 0.258. The van der Waals surface area contributed by atoms with Crippen LogP contribution in [0.2, 0.25) is 0 Å². The normalized spacial score (nSPS) is 11.9. The molecule has 0 fully saturated rings. The Balaban J connectivity index is 1.66. The second-order valence-corrected chi connectivity index (χ2v) is 10.0. The molecule has 0 saturated heterocycles. The highest BCUT2D eigenvalue weighted by Crippen LogP contribution is 2.34. The van der Waals surface area contributed by atoms with Gasteiger partial charge in [-0.3, -0.25) is 0 Å². The molecule has 0 aliphatic carbocycles. The summed E-state index contributed by atoms with van der Waals surface area (Å²) in [6.07, 6.45) is 2.07. The number of pyridine rings is 1. The maximum atomic E-state index is 3.54. The number of H-pyrrole nitrogens is 1. The van der Waals surface area contributed by atoms with Crippen molar-refractivity contribution in [3.8, 4) is 22.4 Å². The number of aromatic nitrogens is 1. The van der Waals surface area contributed by atoms with E-state index in [1.807, 2.05) is 0 Å². The molecule has 1 N–H and O–H groups in total. The van der Waals surface area contributed by atoms with Crippen molar-refractivity contribution in [3.05, 3.63) is 102 Å². The van der Waals surface area contributed by atoms with E-state index in [2.05, 4.69) is 125 Å². The van der Waals surface area contributed by atoms with Gasteiger partial charge in [0.15, 0.2) is 6.20 Å². The molecular formula is C31H30N+. The van der Waals surface area contributed by atoms with Gasteiger partial charge in [0.2, 0.25) is 5.69 Å². The molecule has 5 aromatic rings. The minimum absolute atomic E-state index is 0.162. The number of aryl methyl sites for hydroxylation is 2. The van der Waals surface area contributed by atoms with Crippen LogP contribution < -0.4 is 4.98 Å². The molecule has 4 aromatic carbocycles. The number of rotatable bonds is 2. The van der Waals surface area contributed by atoms with Gasteiger partial charge in [-0.15, -0.1) is 0 Å². The van der Waals surface area contributed by atoms with Gasteiger partial charge in [0.1, 0.15) is 0 Å². The van der Waals surface area contributed by atoms with E-state index in [1.54, 1.807) is 0 Å². The lowest BCUT2D eigenvalue weighted by Crippen LogP contribution is -2.10. The van der Waals surface area contributed by atoms with Gasteiger partial charge >= 0.3 is 0 Å². The van der Waals surface area contributed by atoms with E-state index < -0.39 is 0 Å². The number of aromatic amines is 1. The van der Waals surface area contributed by atoms with Gasteiger partial charge in [-0.2, -0.15) is 0 Å². The Labute approximate surface area is 190 Å². The summed E-state index contributed by atoms with van der Waals surface area (Å²) in [6, 6.07) is 29.3. The highest BCUT2D eigenvalue weighted by atomic mass is 14.7. The van der Waals surface area contributed by atoms with Crippen molar-refractivity contribution < 1.29 is 4.98 Å². The molecule has 1 heteroatoms. The summed E-state index contributed by atoms with van der Waals surface area (Å²) >= 11 is 0.